The topological polar surface area (TPSA) is 117 Å². The first-order valence-electron chi connectivity index (χ1n) is 14.6. The maximum atomic E-state index is 14.1. The van der Waals surface area contributed by atoms with E-state index in [1.165, 1.54) is 7.11 Å². The van der Waals surface area contributed by atoms with Gasteiger partial charge in [-0.05, 0) is 66.3 Å². The summed E-state index contributed by atoms with van der Waals surface area (Å²) in [6.45, 7) is 1.23. The van der Waals surface area contributed by atoms with Crippen LogP contribution in [0.1, 0.15) is 39.9 Å². The lowest BCUT2D eigenvalue weighted by molar-refractivity contribution is -0.136. The molecule has 3 aromatic rings. The van der Waals surface area contributed by atoms with E-state index in [0.29, 0.717) is 42.3 Å². The standard InChI is InChI=1S/C33H35ClN4O6/c1-43-33(42)36-16-15-22-9-14-28(34)25(17-22)20-37(26-12-13-26)31(40)29-18-35-19-30(39)38(29)27-10-7-23(8-11-27)21-44-32(41)24-5-3-2-4-6-24/h2-11,14,17,26,29,35H,12-13,15-16,18-21H2,1H3,(H,36,42)/t29-/m1/s1. The first-order valence-corrected chi connectivity index (χ1v) is 15.0. The fourth-order valence-corrected chi connectivity index (χ4v) is 5.36. The van der Waals surface area contributed by atoms with Crippen molar-refractivity contribution in [2.45, 2.75) is 44.5 Å². The van der Waals surface area contributed by atoms with E-state index in [4.69, 9.17) is 16.3 Å². The van der Waals surface area contributed by atoms with Crippen molar-refractivity contribution in [2.75, 3.05) is 31.6 Å². The van der Waals surface area contributed by atoms with E-state index in [0.717, 1.165) is 29.5 Å². The van der Waals surface area contributed by atoms with Gasteiger partial charge in [0, 0.05) is 36.4 Å². The molecule has 1 heterocycles. The molecule has 1 saturated heterocycles. The number of nitrogens with one attached hydrogen (secondary N) is 2. The third-order valence-corrected chi connectivity index (χ3v) is 8.03. The fourth-order valence-electron chi connectivity index (χ4n) is 5.18. The average Bonchev–Trinajstić information content (AvgIpc) is 3.89. The van der Waals surface area contributed by atoms with Crippen LogP contribution >= 0.6 is 11.6 Å². The third-order valence-electron chi connectivity index (χ3n) is 7.66. The molecule has 0 bridgehead atoms. The van der Waals surface area contributed by atoms with Gasteiger partial charge in [-0.15, -0.1) is 0 Å². The zero-order chi connectivity index (χ0) is 31.1. The number of carbonyl (C=O) groups is 4. The van der Waals surface area contributed by atoms with Gasteiger partial charge in [-0.2, -0.15) is 0 Å². The summed E-state index contributed by atoms with van der Waals surface area (Å²) in [5.74, 6) is -0.768. The van der Waals surface area contributed by atoms with Crippen LogP contribution in [0.2, 0.25) is 5.02 Å². The number of anilines is 1. The van der Waals surface area contributed by atoms with Crippen molar-refractivity contribution >= 4 is 41.2 Å². The number of rotatable bonds is 11. The van der Waals surface area contributed by atoms with Crippen LogP contribution in [-0.2, 0) is 38.6 Å². The van der Waals surface area contributed by atoms with Crippen molar-refractivity contribution in [3.8, 4) is 0 Å². The molecule has 2 N–H and O–H groups in total. The Bertz CT molecular complexity index is 1500. The Morgan fingerprint density at radius 1 is 1.02 bits per heavy atom. The van der Waals surface area contributed by atoms with Gasteiger partial charge in [0.25, 0.3) is 0 Å². The lowest BCUT2D eigenvalue weighted by Crippen LogP contribution is -2.61. The van der Waals surface area contributed by atoms with Crippen LogP contribution in [0, 0.1) is 0 Å². The summed E-state index contributed by atoms with van der Waals surface area (Å²) in [6, 6.07) is 20.9. The van der Waals surface area contributed by atoms with E-state index in [1.54, 1.807) is 59.5 Å². The second kappa shape index (κ2) is 14.4. The van der Waals surface area contributed by atoms with Crippen LogP contribution in [0.15, 0.2) is 72.8 Å². The highest BCUT2D eigenvalue weighted by Gasteiger charge is 2.41. The number of ether oxygens (including phenoxy) is 2. The third kappa shape index (κ3) is 7.75. The Labute approximate surface area is 261 Å². The molecule has 5 rings (SSSR count). The van der Waals surface area contributed by atoms with Crippen molar-refractivity contribution in [3.63, 3.8) is 0 Å². The number of hydrogen-bond acceptors (Lipinski definition) is 7. The minimum Gasteiger partial charge on any atom is -0.457 e. The lowest BCUT2D eigenvalue weighted by Gasteiger charge is -2.38. The van der Waals surface area contributed by atoms with E-state index < -0.39 is 18.1 Å². The van der Waals surface area contributed by atoms with Gasteiger partial charge in [0.15, 0.2) is 0 Å². The maximum Gasteiger partial charge on any atom is 0.406 e. The summed E-state index contributed by atoms with van der Waals surface area (Å²) in [5.41, 5.74) is 3.61. The SMILES string of the molecule is COC(=O)NCCc1ccc(Cl)c(CN(C(=O)[C@H]2CNCC(=O)N2c2ccc(COC(=O)c3ccccc3)cc2)C2CC2)c1. The van der Waals surface area contributed by atoms with Gasteiger partial charge in [0.05, 0.1) is 19.2 Å². The summed E-state index contributed by atoms with van der Waals surface area (Å²) < 4.78 is 10.1. The van der Waals surface area contributed by atoms with E-state index in [2.05, 4.69) is 15.4 Å². The number of benzene rings is 3. The zero-order valence-corrected chi connectivity index (χ0v) is 25.2. The number of alkyl carbamates (subject to hydrolysis) is 1. The van der Waals surface area contributed by atoms with Crippen LogP contribution in [0.25, 0.3) is 0 Å². The van der Waals surface area contributed by atoms with Gasteiger partial charge < -0.3 is 25.0 Å². The summed E-state index contributed by atoms with van der Waals surface area (Å²) in [6.07, 6.45) is 1.85. The summed E-state index contributed by atoms with van der Waals surface area (Å²) in [5, 5.41) is 6.31. The molecule has 1 aliphatic carbocycles. The lowest BCUT2D eigenvalue weighted by atomic mass is 10.1. The second-order valence-corrected chi connectivity index (χ2v) is 11.2. The van der Waals surface area contributed by atoms with Gasteiger partial charge in [-0.25, -0.2) is 9.59 Å². The van der Waals surface area contributed by atoms with E-state index in [1.807, 2.05) is 23.1 Å². The summed E-state index contributed by atoms with van der Waals surface area (Å²) >= 11 is 6.57. The highest BCUT2D eigenvalue weighted by atomic mass is 35.5. The van der Waals surface area contributed by atoms with Crippen molar-refractivity contribution in [3.05, 3.63) is 100 Å². The van der Waals surface area contributed by atoms with E-state index in [9.17, 15) is 19.2 Å². The van der Waals surface area contributed by atoms with Crippen LogP contribution < -0.4 is 15.5 Å². The van der Waals surface area contributed by atoms with Crippen molar-refractivity contribution in [1.29, 1.82) is 0 Å². The molecule has 3 aromatic carbocycles. The predicted octanol–water partition coefficient (Wildman–Crippen LogP) is 4.09. The minimum atomic E-state index is -0.732. The Hall–Kier alpha value is -4.41. The largest absolute Gasteiger partial charge is 0.457 e. The van der Waals surface area contributed by atoms with Crippen molar-refractivity contribution in [1.82, 2.24) is 15.5 Å². The number of hydrogen-bond donors (Lipinski definition) is 2. The Morgan fingerprint density at radius 2 is 1.75 bits per heavy atom. The molecular weight excluding hydrogens is 584 g/mol. The van der Waals surface area contributed by atoms with Crippen molar-refractivity contribution < 1.29 is 28.7 Å². The number of carbonyl (C=O) groups excluding carboxylic acids is 4. The minimum absolute atomic E-state index is 0.0729. The summed E-state index contributed by atoms with van der Waals surface area (Å²) in [4.78, 5) is 54.4. The Kier molecular flexibility index (Phi) is 10.1. The Balaban J connectivity index is 1.28. The van der Waals surface area contributed by atoms with Gasteiger partial charge in [0.1, 0.15) is 12.6 Å². The number of halogens is 1. The molecular formula is C33H35ClN4O6. The second-order valence-electron chi connectivity index (χ2n) is 10.8. The van der Waals surface area contributed by atoms with E-state index >= 15 is 0 Å². The first kappa shape index (κ1) is 31.0. The van der Waals surface area contributed by atoms with Gasteiger partial charge in [0.2, 0.25) is 11.8 Å². The number of piperazine rings is 1. The number of amides is 3. The number of methoxy groups -OCH3 is 1. The molecule has 2 aliphatic rings. The number of esters is 1. The molecule has 44 heavy (non-hydrogen) atoms. The highest BCUT2D eigenvalue weighted by molar-refractivity contribution is 6.31. The molecule has 0 aromatic heterocycles. The van der Waals surface area contributed by atoms with Crippen molar-refractivity contribution in [2.24, 2.45) is 0 Å². The highest BCUT2D eigenvalue weighted by Crippen LogP contribution is 2.32. The van der Waals surface area contributed by atoms with Gasteiger partial charge in [-0.1, -0.05) is 54.1 Å². The molecule has 0 radical (unpaired) electrons. The average molecular weight is 619 g/mol. The molecule has 230 valence electrons. The first-order chi connectivity index (χ1) is 21.3. The molecule has 1 saturated carbocycles. The zero-order valence-electron chi connectivity index (χ0n) is 24.5. The molecule has 0 unspecified atom stereocenters. The molecule has 1 aliphatic heterocycles. The monoisotopic (exact) mass is 618 g/mol. The van der Waals surface area contributed by atoms with Gasteiger partial charge >= 0.3 is 12.1 Å². The molecule has 0 spiro atoms. The molecule has 2 fully saturated rings. The van der Waals surface area contributed by atoms with Crippen LogP contribution in [-0.4, -0.2) is 67.6 Å². The fraction of sp³-hybridized carbons (Fsp3) is 0.333. The van der Waals surface area contributed by atoms with Crippen LogP contribution in [0.5, 0.6) is 0 Å². The van der Waals surface area contributed by atoms with E-state index in [-0.39, 0.29) is 31.0 Å². The van der Waals surface area contributed by atoms with Gasteiger partial charge in [-0.3, -0.25) is 14.5 Å². The predicted molar refractivity (Wildman–Crippen MR) is 165 cm³/mol. The van der Waals surface area contributed by atoms with Crippen LogP contribution in [0.4, 0.5) is 10.5 Å². The summed E-state index contributed by atoms with van der Waals surface area (Å²) in [7, 11) is 1.32. The maximum absolute atomic E-state index is 14.1. The molecule has 10 nitrogen and oxygen atoms in total. The normalized spacial score (nSPS) is 16.3. The quantitative estimate of drug-likeness (QED) is 0.311. The van der Waals surface area contributed by atoms with Crippen LogP contribution in [0.3, 0.4) is 0 Å². The number of nitrogens with zero attached hydrogens (tertiary/aromatic N) is 2. The molecule has 11 heteroatoms. The molecule has 3 amide bonds. The molecule has 1 atom stereocenters. The smallest absolute Gasteiger partial charge is 0.406 e. The Morgan fingerprint density at radius 3 is 2.45 bits per heavy atom.